The average Bonchev–Trinajstić information content (AvgIpc) is 2.27. The molecule has 4 nitrogen and oxygen atoms in total. The van der Waals surface area contributed by atoms with Gasteiger partial charge in [0, 0.05) is 11.7 Å². The molecule has 0 radical (unpaired) electrons. The van der Waals surface area contributed by atoms with Crippen LogP contribution >= 0.6 is 0 Å². The molecule has 5 heteroatoms. The van der Waals surface area contributed by atoms with E-state index >= 15 is 0 Å². The summed E-state index contributed by atoms with van der Waals surface area (Å²) >= 11 is 0. The zero-order chi connectivity index (χ0) is 13.1. The van der Waals surface area contributed by atoms with Gasteiger partial charge in [-0.2, -0.15) is 0 Å². The first-order valence-electron chi connectivity index (χ1n) is 5.74. The predicted molar refractivity (Wildman–Crippen MR) is 70.4 cm³/mol. The number of anilines is 1. The van der Waals surface area contributed by atoms with E-state index in [0.29, 0.717) is 12.0 Å². The summed E-state index contributed by atoms with van der Waals surface area (Å²) in [6.07, 6.45) is 1.10. The van der Waals surface area contributed by atoms with Crippen molar-refractivity contribution < 1.29 is 8.42 Å². The minimum absolute atomic E-state index is 0.138. The van der Waals surface area contributed by atoms with Gasteiger partial charge in [-0.25, -0.2) is 13.6 Å². The van der Waals surface area contributed by atoms with E-state index in [1.165, 1.54) is 12.1 Å². The fourth-order valence-corrected chi connectivity index (χ4v) is 2.01. The first-order valence-corrected chi connectivity index (χ1v) is 7.28. The summed E-state index contributed by atoms with van der Waals surface area (Å²) in [5.74, 6) is 0.563. The fraction of sp³-hybridized carbons (Fsp3) is 0.500. The minimum Gasteiger partial charge on any atom is -0.382 e. The van der Waals surface area contributed by atoms with Gasteiger partial charge in [0.05, 0.1) is 4.90 Å². The van der Waals surface area contributed by atoms with Gasteiger partial charge in [0.25, 0.3) is 0 Å². The molecule has 2 unspecified atom stereocenters. The summed E-state index contributed by atoms with van der Waals surface area (Å²) in [7, 11) is -3.60. The number of primary sulfonamides is 1. The summed E-state index contributed by atoms with van der Waals surface area (Å²) < 4.78 is 22.2. The van der Waals surface area contributed by atoms with Crippen LogP contribution in [0.1, 0.15) is 27.2 Å². The molecule has 17 heavy (non-hydrogen) atoms. The highest BCUT2D eigenvalue weighted by Gasteiger charge is 2.11. The van der Waals surface area contributed by atoms with E-state index in [4.69, 9.17) is 5.14 Å². The molecule has 96 valence electrons. The maximum atomic E-state index is 11.1. The van der Waals surface area contributed by atoms with E-state index in [9.17, 15) is 8.42 Å². The largest absolute Gasteiger partial charge is 0.382 e. The fourth-order valence-electron chi connectivity index (χ4n) is 1.50. The first-order chi connectivity index (χ1) is 7.84. The lowest BCUT2D eigenvalue weighted by atomic mass is 10.0. The molecule has 0 saturated carbocycles. The standard InChI is InChI=1S/C12H20N2O2S/c1-4-9(2)10(3)14-11-5-7-12(8-6-11)17(13,15)16/h5-10,14H,4H2,1-3H3,(H2,13,15,16). The van der Waals surface area contributed by atoms with Crippen molar-refractivity contribution in [2.24, 2.45) is 11.1 Å². The van der Waals surface area contributed by atoms with Crippen molar-refractivity contribution in [3.63, 3.8) is 0 Å². The number of nitrogens with one attached hydrogen (secondary N) is 1. The molecular formula is C12H20N2O2S. The van der Waals surface area contributed by atoms with Crippen LogP contribution in [0.15, 0.2) is 29.2 Å². The van der Waals surface area contributed by atoms with Crippen LogP contribution in [-0.4, -0.2) is 14.5 Å². The molecule has 1 aromatic carbocycles. The summed E-state index contributed by atoms with van der Waals surface area (Å²) in [4.78, 5) is 0.138. The maximum Gasteiger partial charge on any atom is 0.238 e. The van der Waals surface area contributed by atoms with Crippen molar-refractivity contribution in [3.05, 3.63) is 24.3 Å². The Morgan fingerprint density at radius 1 is 1.24 bits per heavy atom. The molecular weight excluding hydrogens is 236 g/mol. The maximum absolute atomic E-state index is 11.1. The minimum atomic E-state index is -3.60. The highest BCUT2D eigenvalue weighted by molar-refractivity contribution is 7.89. The van der Waals surface area contributed by atoms with Crippen LogP contribution in [0, 0.1) is 5.92 Å². The molecule has 2 atom stereocenters. The van der Waals surface area contributed by atoms with E-state index < -0.39 is 10.0 Å². The van der Waals surface area contributed by atoms with Gasteiger partial charge in [-0.3, -0.25) is 0 Å². The molecule has 0 fully saturated rings. The van der Waals surface area contributed by atoms with E-state index in [2.05, 4.69) is 26.1 Å². The molecule has 0 bridgehead atoms. The van der Waals surface area contributed by atoms with Gasteiger partial charge in [0.2, 0.25) is 10.0 Å². The van der Waals surface area contributed by atoms with Crippen LogP contribution in [0.3, 0.4) is 0 Å². The second kappa shape index (κ2) is 5.51. The number of hydrogen-bond donors (Lipinski definition) is 2. The predicted octanol–water partition coefficient (Wildman–Crippen LogP) is 2.18. The number of hydrogen-bond acceptors (Lipinski definition) is 3. The lowest BCUT2D eigenvalue weighted by Crippen LogP contribution is -2.23. The number of sulfonamides is 1. The topological polar surface area (TPSA) is 72.2 Å². The third kappa shape index (κ3) is 4.02. The van der Waals surface area contributed by atoms with Crippen molar-refractivity contribution in [2.45, 2.75) is 38.1 Å². The van der Waals surface area contributed by atoms with E-state index in [1.54, 1.807) is 12.1 Å². The quantitative estimate of drug-likeness (QED) is 0.848. The van der Waals surface area contributed by atoms with Crippen LogP contribution < -0.4 is 10.5 Å². The Labute approximate surface area is 103 Å². The first kappa shape index (κ1) is 14.0. The molecule has 0 heterocycles. The Morgan fingerprint density at radius 3 is 2.18 bits per heavy atom. The highest BCUT2D eigenvalue weighted by Crippen LogP contribution is 2.17. The van der Waals surface area contributed by atoms with Gasteiger partial charge in [0.15, 0.2) is 0 Å². The van der Waals surface area contributed by atoms with Crippen molar-refractivity contribution in [1.29, 1.82) is 0 Å². The van der Waals surface area contributed by atoms with Gasteiger partial charge >= 0.3 is 0 Å². The van der Waals surface area contributed by atoms with Crippen LogP contribution in [0.4, 0.5) is 5.69 Å². The Morgan fingerprint density at radius 2 is 1.76 bits per heavy atom. The SMILES string of the molecule is CCC(C)C(C)Nc1ccc(S(N)(=O)=O)cc1. The van der Waals surface area contributed by atoms with Crippen LogP contribution in [0.5, 0.6) is 0 Å². The number of benzene rings is 1. The molecule has 0 spiro atoms. The van der Waals surface area contributed by atoms with Crippen molar-refractivity contribution in [2.75, 3.05) is 5.32 Å². The molecule has 0 aliphatic heterocycles. The Bertz CT molecular complexity index is 454. The number of nitrogens with two attached hydrogens (primary N) is 1. The normalized spacial score (nSPS) is 15.3. The second-order valence-corrected chi connectivity index (χ2v) is 5.95. The molecule has 0 aliphatic carbocycles. The summed E-state index contributed by atoms with van der Waals surface area (Å²) in [6, 6.07) is 6.85. The second-order valence-electron chi connectivity index (χ2n) is 4.39. The van der Waals surface area contributed by atoms with Crippen molar-refractivity contribution >= 4 is 15.7 Å². The van der Waals surface area contributed by atoms with E-state index in [1.807, 2.05) is 0 Å². The zero-order valence-electron chi connectivity index (χ0n) is 10.5. The molecule has 0 amide bonds. The summed E-state index contributed by atoms with van der Waals surface area (Å²) in [5, 5.41) is 8.37. The smallest absolute Gasteiger partial charge is 0.238 e. The molecule has 0 saturated heterocycles. The van der Waals surface area contributed by atoms with Crippen molar-refractivity contribution in [3.8, 4) is 0 Å². The lowest BCUT2D eigenvalue weighted by molar-refractivity contribution is 0.494. The Hall–Kier alpha value is -1.07. The molecule has 3 N–H and O–H groups in total. The van der Waals surface area contributed by atoms with E-state index in [0.717, 1.165) is 12.1 Å². The third-order valence-corrected chi connectivity index (χ3v) is 4.00. The number of rotatable bonds is 5. The Balaban J connectivity index is 2.76. The zero-order valence-corrected chi connectivity index (χ0v) is 11.3. The Kier molecular flexibility index (Phi) is 4.54. The van der Waals surface area contributed by atoms with Crippen LogP contribution in [0.25, 0.3) is 0 Å². The van der Waals surface area contributed by atoms with Gasteiger partial charge in [-0.05, 0) is 37.1 Å². The van der Waals surface area contributed by atoms with Crippen LogP contribution in [0.2, 0.25) is 0 Å². The van der Waals surface area contributed by atoms with Gasteiger partial charge in [0.1, 0.15) is 0 Å². The molecule has 0 aliphatic rings. The van der Waals surface area contributed by atoms with E-state index in [-0.39, 0.29) is 4.90 Å². The molecule has 1 rings (SSSR count). The lowest BCUT2D eigenvalue weighted by Gasteiger charge is -2.21. The van der Waals surface area contributed by atoms with Crippen molar-refractivity contribution in [1.82, 2.24) is 0 Å². The highest BCUT2D eigenvalue weighted by atomic mass is 32.2. The van der Waals surface area contributed by atoms with Gasteiger partial charge in [-0.15, -0.1) is 0 Å². The van der Waals surface area contributed by atoms with Crippen LogP contribution in [-0.2, 0) is 10.0 Å². The summed E-state index contributed by atoms with van der Waals surface area (Å²) in [5.41, 5.74) is 0.908. The third-order valence-electron chi connectivity index (χ3n) is 3.07. The molecule has 0 aromatic heterocycles. The summed E-state index contributed by atoms with van der Waals surface area (Å²) in [6.45, 7) is 6.44. The monoisotopic (exact) mass is 256 g/mol. The van der Waals surface area contributed by atoms with Gasteiger partial charge < -0.3 is 5.32 Å². The molecule has 1 aromatic rings. The average molecular weight is 256 g/mol. The van der Waals surface area contributed by atoms with Gasteiger partial charge in [-0.1, -0.05) is 20.3 Å².